The fourth-order valence-corrected chi connectivity index (χ4v) is 3.10. The maximum absolute atomic E-state index is 12.0. The lowest BCUT2D eigenvalue weighted by Crippen LogP contribution is -2.41. The van der Waals surface area contributed by atoms with Crippen molar-refractivity contribution in [1.29, 1.82) is 0 Å². The van der Waals surface area contributed by atoms with Crippen LogP contribution < -0.4 is 0 Å². The highest BCUT2D eigenvalue weighted by molar-refractivity contribution is 7.89. The van der Waals surface area contributed by atoms with Gasteiger partial charge < -0.3 is 9.47 Å². The van der Waals surface area contributed by atoms with Gasteiger partial charge in [-0.1, -0.05) is 0 Å². The minimum atomic E-state index is -3.64. The Morgan fingerprint density at radius 2 is 1.56 bits per heavy atom. The third-order valence-corrected chi connectivity index (χ3v) is 4.54. The predicted molar refractivity (Wildman–Crippen MR) is 62.1 cm³/mol. The third-order valence-electron chi connectivity index (χ3n) is 2.60. The second kappa shape index (κ2) is 6.14. The molecule has 7 nitrogen and oxygen atoms in total. The zero-order chi connectivity index (χ0) is 13.8. The highest BCUT2D eigenvalue weighted by Crippen LogP contribution is 2.31. The molecule has 0 radical (unpaired) electrons. The van der Waals surface area contributed by atoms with Gasteiger partial charge >= 0.3 is 11.9 Å². The molecule has 1 fully saturated rings. The number of nitrogens with zero attached hydrogens (tertiary/aromatic N) is 1. The SMILES string of the molecule is COC(=O)CN(CC(=O)OC)S(=O)(=O)CC1CC1. The van der Waals surface area contributed by atoms with Gasteiger partial charge in [0.25, 0.3) is 0 Å². The molecule has 18 heavy (non-hydrogen) atoms. The lowest BCUT2D eigenvalue weighted by Gasteiger charge is -2.19. The lowest BCUT2D eigenvalue weighted by molar-refractivity contribution is -0.143. The summed E-state index contributed by atoms with van der Waals surface area (Å²) in [7, 11) is -1.32. The van der Waals surface area contributed by atoms with Crippen molar-refractivity contribution in [3.63, 3.8) is 0 Å². The van der Waals surface area contributed by atoms with E-state index in [0.29, 0.717) is 0 Å². The van der Waals surface area contributed by atoms with Crippen molar-refractivity contribution in [3.8, 4) is 0 Å². The maximum atomic E-state index is 12.0. The molecular weight excluding hydrogens is 262 g/mol. The molecule has 1 rings (SSSR count). The molecule has 0 aliphatic heterocycles. The molecule has 0 bridgehead atoms. The first-order valence-corrected chi connectivity index (χ1v) is 7.11. The molecule has 1 saturated carbocycles. The summed E-state index contributed by atoms with van der Waals surface area (Å²) in [6, 6.07) is 0. The van der Waals surface area contributed by atoms with E-state index in [1.54, 1.807) is 0 Å². The van der Waals surface area contributed by atoms with Crippen LogP contribution in [0.1, 0.15) is 12.8 Å². The summed E-state index contributed by atoms with van der Waals surface area (Å²) < 4.78 is 33.6. The van der Waals surface area contributed by atoms with Gasteiger partial charge in [-0.05, 0) is 18.8 Å². The van der Waals surface area contributed by atoms with E-state index in [0.717, 1.165) is 31.4 Å². The number of methoxy groups -OCH3 is 2. The van der Waals surface area contributed by atoms with E-state index >= 15 is 0 Å². The normalized spacial score (nSPS) is 15.5. The van der Waals surface area contributed by atoms with E-state index in [1.165, 1.54) is 0 Å². The quantitative estimate of drug-likeness (QED) is 0.577. The number of esters is 2. The van der Waals surface area contributed by atoms with Crippen LogP contribution in [-0.4, -0.2) is 57.7 Å². The van der Waals surface area contributed by atoms with Crippen molar-refractivity contribution >= 4 is 22.0 Å². The van der Waals surface area contributed by atoms with Crippen LogP contribution in [-0.2, 0) is 29.1 Å². The maximum Gasteiger partial charge on any atom is 0.321 e. The first kappa shape index (κ1) is 14.9. The second-order valence-corrected chi connectivity index (χ2v) is 6.16. The van der Waals surface area contributed by atoms with Crippen molar-refractivity contribution in [2.24, 2.45) is 5.92 Å². The molecule has 0 N–H and O–H groups in total. The van der Waals surface area contributed by atoms with E-state index in [2.05, 4.69) is 9.47 Å². The predicted octanol–water partition coefficient (Wildman–Crippen LogP) is -0.626. The van der Waals surface area contributed by atoms with Crippen molar-refractivity contribution in [3.05, 3.63) is 0 Å². The van der Waals surface area contributed by atoms with E-state index in [4.69, 9.17) is 0 Å². The fraction of sp³-hybridized carbons (Fsp3) is 0.800. The molecule has 0 aromatic rings. The Labute approximate surface area is 106 Å². The minimum Gasteiger partial charge on any atom is -0.468 e. The van der Waals surface area contributed by atoms with E-state index < -0.39 is 35.1 Å². The molecule has 0 spiro atoms. The van der Waals surface area contributed by atoms with Crippen molar-refractivity contribution in [2.75, 3.05) is 33.1 Å². The first-order valence-electron chi connectivity index (χ1n) is 5.50. The van der Waals surface area contributed by atoms with Crippen LogP contribution in [0.3, 0.4) is 0 Å². The zero-order valence-corrected chi connectivity index (χ0v) is 11.2. The summed E-state index contributed by atoms with van der Waals surface area (Å²) in [6.45, 7) is -0.943. The molecule has 8 heteroatoms. The summed E-state index contributed by atoms with van der Waals surface area (Å²) in [6.07, 6.45) is 1.73. The van der Waals surface area contributed by atoms with Crippen LogP contribution >= 0.6 is 0 Å². The molecule has 104 valence electrons. The summed E-state index contributed by atoms with van der Waals surface area (Å²) in [5.74, 6) is -1.33. The molecule has 0 aromatic heterocycles. The summed E-state index contributed by atoms with van der Waals surface area (Å²) in [4.78, 5) is 22.3. The van der Waals surface area contributed by atoms with Gasteiger partial charge in [0, 0.05) is 0 Å². The number of carbonyl (C=O) groups excluding carboxylic acids is 2. The summed E-state index contributed by atoms with van der Waals surface area (Å²) >= 11 is 0. The Hall–Kier alpha value is -1.15. The van der Waals surface area contributed by atoms with Crippen molar-refractivity contribution in [1.82, 2.24) is 4.31 Å². The van der Waals surface area contributed by atoms with Gasteiger partial charge in [0.1, 0.15) is 13.1 Å². The molecule has 0 aromatic carbocycles. The molecule has 0 amide bonds. The first-order chi connectivity index (χ1) is 8.39. The van der Waals surface area contributed by atoms with Gasteiger partial charge in [-0.3, -0.25) is 9.59 Å². The summed E-state index contributed by atoms with van der Waals surface area (Å²) in [5, 5.41) is 0. The Bertz CT molecular complexity index is 396. The average molecular weight is 279 g/mol. The lowest BCUT2D eigenvalue weighted by atomic mass is 10.5. The van der Waals surface area contributed by atoms with Crippen LogP contribution in [0.25, 0.3) is 0 Å². The topological polar surface area (TPSA) is 90.0 Å². The third kappa shape index (κ3) is 4.61. The highest BCUT2D eigenvalue weighted by atomic mass is 32.2. The van der Waals surface area contributed by atoms with E-state index in [9.17, 15) is 18.0 Å². The molecule has 0 saturated heterocycles. The van der Waals surface area contributed by atoms with Gasteiger partial charge in [-0.25, -0.2) is 8.42 Å². The molecular formula is C10H17NO6S. The van der Waals surface area contributed by atoms with Crippen LogP contribution in [0, 0.1) is 5.92 Å². The molecule has 0 atom stereocenters. The van der Waals surface area contributed by atoms with E-state index in [1.807, 2.05) is 0 Å². The fourth-order valence-electron chi connectivity index (χ4n) is 1.36. The van der Waals surface area contributed by atoms with Crippen molar-refractivity contribution < 1.29 is 27.5 Å². The van der Waals surface area contributed by atoms with Gasteiger partial charge in [-0.2, -0.15) is 4.31 Å². The number of carbonyl (C=O) groups is 2. The Kier molecular flexibility index (Phi) is 5.09. The molecule has 0 heterocycles. The largest absolute Gasteiger partial charge is 0.468 e. The van der Waals surface area contributed by atoms with Crippen LogP contribution in [0.2, 0.25) is 0 Å². The Morgan fingerprint density at radius 1 is 1.11 bits per heavy atom. The Balaban J connectivity index is 2.73. The second-order valence-electron chi connectivity index (χ2n) is 4.14. The smallest absolute Gasteiger partial charge is 0.321 e. The molecule has 1 aliphatic rings. The number of hydrogen-bond donors (Lipinski definition) is 0. The number of ether oxygens (including phenoxy) is 2. The monoisotopic (exact) mass is 279 g/mol. The summed E-state index contributed by atoms with van der Waals surface area (Å²) in [5.41, 5.74) is 0. The van der Waals surface area contributed by atoms with Gasteiger partial charge in [0.05, 0.1) is 20.0 Å². The number of hydrogen-bond acceptors (Lipinski definition) is 6. The van der Waals surface area contributed by atoms with Crippen LogP contribution in [0.15, 0.2) is 0 Å². The van der Waals surface area contributed by atoms with Crippen LogP contribution in [0.4, 0.5) is 0 Å². The number of rotatable bonds is 7. The number of sulfonamides is 1. The van der Waals surface area contributed by atoms with Gasteiger partial charge in [0.15, 0.2) is 0 Å². The minimum absolute atomic E-state index is 0.0407. The van der Waals surface area contributed by atoms with Crippen molar-refractivity contribution in [2.45, 2.75) is 12.8 Å². The standard InChI is InChI=1S/C10H17NO6S/c1-16-9(12)5-11(6-10(13)17-2)18(14,15)7-8-3-4-8/h8H,3-7H2,1-2H3. The van der Waals surface area contributed by atoms with Gasteiger partial charge in [-0.15, -0.1) is 0 Å². The zero-order valence-electron chi connectivity index (χ0n) is 10.4. The van der Waals surface area contributed by atoms with E-state index in [-0.39, 0.29) is 11.7 Å². The molecule has 0 unspecified atom stereocenters. The highest BCUT2D eigenvalue weighted by Gasteiger charge is 2.34. The Morgan fingerprint density at radius 3 is 1.89 bits per heavy atom. The molecule has 1 aliphatic carbocycles. The average Bonchev–Trinajstić information content (AvgIpc) is 3.10. The van der Waals surface area contributed by atoms with Crippen LogP contribution in [0.5, 0.6) is 0 Å². The van der Waals surface area contributed by atoms with Gasteiger partial charge in [0.2, 0.25) is 10.0 Å².